The van der Waals surface area contributed by atoms with E-state index in [1.165, 1.54) is 13.2 Å². The van der Waals surface area contributed by atoms with E-state index in [0.717, 1.165) is 30.5 Å². The number of methoxy groups -OCH3 is 1. The minimum Gasteiger partial charge on any atom is -0.496 e. The van der Waals surface area contributed by atoms with Crippen molar-refractivity contribution in [2.45, 2.75) is 31.5 Å². The van der Waals surface area contributed by atoms with Crippen LogP contribution in [0.4, 0.5) is 22.0 Å². The summed E-state index contributed by atoms with van der Waals surface area (Å²) in [5, 5.41) is 1.74. The van der Waals surface area contributed by atoms with E-state index in [1.54, 1.807) is 5.01 Å². The van der Waals surface area contributed by atoms with Crippen LogP contribution in [0.2, 0.25) is 0 Å². The highest BCUT2D eigenvalue weighted by Crippen LogP contribution is 2.41. The second kappa shape index (κ2) is 9.14. The maximum Gasteiger partial charge on any atom is 0.422 e. The Bertz CT molecular complexity index is 894. The van der Waals surface area contributed by atoms with Gasteiger partial charge in [0, 0.05) is 6.54 Å². The molecule has 30 heavy (non-hydrogen) atoms. The second-order valence-corrected chi connectivity index (χ2v) is 7.36. The van der Waals surface area contributed by atoms with Crippen molar-refractivity contribution in [3.8, 4) is 5.75 Å². The van der Waals surface area contributed by atoms with Gasteiger partial charge in [-0.25, -0.2) is 5.01 Å². The van der Waals surface area contributed by atoms with Crippen molar-refractivity contribution in [1.82, 2.24) is 5.01 Å². The molecular weight excluding hydrogens is 403 g/mol. The van der Waals surface area contributed by atoms with E-state index in [4.69, 9.17) is 10.6 Å². The lowest BCUT2D eigenvalue weighted by Crippen LogP contribution is -2.44. The van der Waals surface area contributed by atoms with Crippen LogP contribution in [0.1, 0.15) is 35.6 Å². The van der Waals surface area contributed by atoms with Crippen LogP contribution in [-0.4, -0.2) is 24.8 Å². The molecule has 3 rings (SSSR count). The van der Waals surface area contributed by atoms with Crippen molar-refractivity contribution in [3.63, 3.8) is 0 Å². The van der Waals surface area contributed by atoms with Gasteiger partial charge in [0.15, 0.2) is 0 Å². The van der Waals surface area contributed by atoms with Gasteiger partial charge in [0.05, 0.1) is 13.2 Å². The number of hydrogen-bond acceptors (Lipinski definition) is 3. The zero-order valence-electron chi connectivity index (χ0n) is 16.4. The maximum atomic E-state index is 13.2. The number of allylic oxidation sites excluding steroid dienone is 1. The van der Waals surface area contributed by atoms with Crippen molar-refractivity contribution in [2.75, 3.05) is 13.7 Å². The smallest absolute Gasteiger partial charge is 0.422 e. The van der Waals surface area contributed by atoms with E-state index in [-0.39, 0.29) is 12.0 Å². The lowest BCUT2D eigenvalue weighted by atomic mass is 9.81. The molecule has 2 aromatic rings. The summed E-state index contributed by atoms with van der Waals surface area (Å²) < 4.78 is 71.0. The Balaban J connectivity index is 1.99. The summed E-state index contributed by atoms with van der Waals surface area (Å²) in [6.45, 7) is 0.696. The molecule has 0 spiro atoms. The van der Waals surface area contributed by atoms with E-state index >= 15 is 0 Å². The molecule has 1 heterocycles. The van der Waals surface area contributed by atoms with E-state index < -0.39 is 23.4 Å². The third kappa shape index (κ3) is 4.82. The Morgan fingerprint density at radius 3 is 2.43 bits per heavy atom. The number of nitrogens with zero attached hydrogens (tertiary/aromatic N) is 1. The van der Waals surface area contributed by atoms with Crippen molar-refractivity contribution in [3.05, 3.63) is 71.3 Å². The van der Waals surface area contributed by atoms with E-state index in [2.05, 4.69) is 0 Å². The fourth-order valence-electron chi connectivity index (χ4n) is 4.19. The van der Waals surface area contributed by atoms with Gasteiger partial charge in [-0.1, -0.05) is 36.4 Å². The summed E-state index contributed by atoms with van der Waals surface area (Å²) >= 11 is 0. The predicted octanol–water partition coefficient (Wildman–Crippen LogP) is 5.73. The molecule has 1 saturated heterocycles. The zero-order chi connectivity index (χ0) is 21.9. The molecule has 0 unspecified atom stereocenters. The molecule has 0 aromatic heterocycles. The number of benzene rings is 2. The monoisotopic (exact) mass is 426 g/mol. The fraction of sp³-hybridized carbons (Fsp3) is 0.364. The quantitative estimate of drug-likeness (QED) is 0.490. The lowest BCUT2D eigenvalue weighted by molar-refractivity contribution is -0.0711. The third-order valence-corrected chi connectivity index (χ3v) is 5.46. The predicted molar refractivity (Wildman–Crippen MR) is 105 cm³/mol. The summed E-state index contributed by atoms with van der Waals surface area (Å²) in [7, 11) is 1.40. The van der Waals surface area contributed by atoms with Gasteiger partial charge in [0.2, 0.25) is 0 Å². The Kier molecular flexibility index (Phi) is 6.77. The number of piperidine rings is 1. The minimum absolute atomic E-state index is 0.0103. The number of rotatable bonds is 5. The summed E-state index contributed by atoms with van der Waals surface area (Å²) in [4.78, 5) is 0. The lowest BCUT2D eigenvalue weighted by Gasteiger charge is -2.39. The molecule has 3 nitrogen and oxygen atoms in total. The SMILES string of the molecule is COc1ccc(C(=C(F)F)C(F)(F)F)cc1C[C@@H]1CCCN(N)[C@@H]1c1ccccc1. The number of hydrogen-bond donors (Lipinski definition) is 1. The molecule has 8 heteroatoms. The van der Waals surface area contributed by atoms with Gasteiger partial charge < -0.3 is 4.74 Å². The molecule has 0 bridgehead atoms. The first-order valence-electron chi connectivity index (χ1n) is 9.58. The average molecular weight is 426 g/mol. The molecule has 2 aromatic carbocycles. The molecular formula is C22H23F5N2O. The van der Waals surface area contributed by atoms with Gasteiger partial charge in [-0.2, -0.15) is 22.0 Å². The Labute approximate surface area is 171 Å². The molecule has 1 aliphatic heterocycles. The summed E-state index contributed by atoms with van der Waals surface area (Å²) in [6.07, 6.45) is -5.93. The molecule has 1 fully saturated rings. The Hall–Kier alpha value is -2.45. The first kappa shape index (κ1) is 22.2. The summed E-state index contributed by atoms with van der Waals surface area (Å²) in [5.41, 5.74) is -1.05. The molecule has 0 radical (unpaired) electrons. The highest BCUT2D eigenvalue weighted by molar-refractivity contribution is 5.71. The third-order valence-electron chi connectivity index (χ3n) is 5.46. The van der Waals surface area contributed by atoms with E-state index in [0.29, 0.717) is 24.3 Å². The molecule has 162 valence electrons. The standard InChI is InChI=1S/C22H23F5N2O/c1-30-18-10-9-15(19(21(23)24)22(25,26)27)12-17(18)13-16-8-5-11-29(28)20(16)14-6-3-2-4-7-14/h2-4,6-7,9-10,12,16,20H,5,8,11,13,28H2,1H3/t16-,20+/m0/s1. The second-order valence-electron chi connectivity index (χ2n) is 7.36. The molecule has 0 aliphatic carbocycles. The summed E-state index contributed by atoms with van der Waals surface area (Å²) in [5.74, 6) is 6.60. The number of nitrogens with two attached hydrogens (primary N) is 1. The van der Waals surface area contributed by atoms with Crippen LogP contribution in [0.5, 0.6) is 5.75 Å². The maximum absolute atomic E-state index is 13.2. The molecule has 1 aliphatic rings. The van der Waals surface area contributed by atoms with E-state index in [9.17, 15) is 22.0 Å². The Morgan fingerprint density at radius 1 is 1.13 bits per heavy atom. The van der Waals surface area contributed by atoms with Gasteiger partial charge in [0.1, 0.15) is 11.3 Å². The molecule has 2 atom stereocenters. The normalized spacial score (nSPS) is 20.1. The van der Waals surface area contributed by atoms with Crippen LogP contribution in [-0.2, 0) is 6.42 Å². The number of alkyl halides is 3. The first-order chi connectivity index (χ1) is 14.2. The van der Waals surface area contributed by atoms with Crippen molar-refractivity contribution in [1.29, 1.82) is 0 Å². The first-order valence-corrected chi connectivity index (χ1v) is 9.58. The van der Waals surface area contributed by atoms with Gasteiger partial charge in [-0.15, -0.1) is 0 Å². The van der Waals surface area contributed by atoms with Crippen molar-refractivity contribution >= 4 is 5.57 Å². The highest BCUT2D eigenvalue weighted by atomic mass is 19.4. The van der Waals surface area contributed by atoms with Crippen LogP contribution < -0.4 is 10.6 Å². The number of ether oxygens (including phenoxy) is 1. The van der Waals surface area contributed by atoms with Gasteiger partial charge in [0.25, 0.3) is 6.08 Å². The zero-order valence-corrected chi connectivity index (χ0v) is 16.4. The topological polar surface area (TPSA) is 38.5 Å². The van der Waals surface area contributed by atoms with Crippen molar-refractivity contribution < 1.29 is 26.7 Å². The molecule has 2 N–H and O–H groups in total. The van der Waals surface area contributed by atoms with Crippen LogP contribution in [0.25, 0.3) is 5.57 Å². The Morgan fingerprint density at radius 2 is 1.83 bits per heavy atom. The summed E-state index contributed by atoms with van der Waals surface area (Å²) in [6, 6.07) is 12.9. The van der Waals surface area contributed by atoms with Crippen LogP contribution in [0.3, 0.4) is 0 Å². The molecule has 0 saturated carbocycles. The fourth-order valence-corrected chi connectivity index (χ4v) is 4.19. The number of hydrazine groups is 1. The average Bonchev–Trinajstić information content (AvgIpc) is 2.68. The minimum atomic E-state index is -5.16. The number of halogens is 5. The van der Waals surface area contributed by atoms with Gasteiger partial charge >= 0.3 is 6.18 Å². The van der Waals surface area contributed by atoms with Crippen LogP contribution in [0.15, 0.2) is 54.6 Å². The van der Waals surface area contributed by atoms with Crippen LogP contribution >= 0.6 is 0 Å². The largest absolute Gasteiger partial charge is 0.496 e. The molecule has 0 amide bonds. The van der Waals surface area contributed by atoms with Crippen LogP contribution in [0, 0.1) is 5.92 Å². The van der Waals surface area contributed by atoms with E-state index in [1.807, 2.05) is 30.3 Å². The van der Waals surface area contributed by atoms with Crippen molar-refractivity contribution in [2.24, 2.45) is 11.8 Å². The van der Waals surface area contributed by atoms with Gasteiger partial charge in [-0.3, -0.25) is 5.84 Å². The van der Waals surface area contributed by atoms with Gasteiger partial charge in [-0.05, 0) is 54.0 Å². The highest BCUT2D eigenvalue weighted by Gasteiger charge is 2.39.